The van der Waals surface area contributed by atoms with Crippen LogP contribution in [0.3, 0.4) is 0 Å². The number of halogens is 2. The highest BCUT2D eigenvalue weighted by atomic mass is 32.2. The van der Waals surface area contributed by atoms with Crippen LogP contribution in [-0.2, 0) is 4.79 Å². The highest BCUT2D eigenvalue weighted by molar-refractivity contribution is 7.98. The van der Waals surface area contributed by atoms with Gasteiger partial charge in [-0.3, -0.25) is 10.1 Å². The van der Waals surface area contributed by atoms with Gasteiger partial charge in [0, 0.05) is 17.0 Å². The molecule has 1 aromatic carbocycles. The fraction of sp³-hybridized carbons (Fsp3) is 0.417. The van der Waals surface area contributed by atoms with E-state index in [-0.39, 0.29) is 0 Å². The number of thioether (sulfide) groups is 1. The zero-order valence-electron chi connectivity index (χ0n) is 9.87. The monoisotopic (exact) mass is 272 g/mol. The highest BCUT2D eigenvalue weighted by Crippen LogP contribution is 2.26. The average molecular weight is 272 g/mol. The summed E-state index contributed by atoms with van der Waals surface area (Å²) in [5, 5.41) is 5.15. The summed E-state index contributed by atoms with van der Waals surface area (Å²) in [6, 6.07) is 6.45. The van der Waals surface area contributed by atoms with Gasteiger partial charge in [-0.1, -0.05) is 0 Å². The zero-order valence-corrected chi connectivity index (χ0v) is 10.7. The zero-order chi connectivity index (χ0) is 13.2. The normalized spacial score (nSPS) is 21.8. The third-order valence-electron chi connectivity index (χ3n) is 2.78. The third kappa shape index (κ3) is 3.20. The second-order valence-electron chi connectivity index (χ2n) is 4.21. The molecule has 2 rings (SSSR count). The molecule has 1 aliphatic rings. The first-order valence-corrected chi connectivity index (χ1v) is 6.79. The van der Waals surface area contributed by atoms with Crippen molar-refractivity contribution in [2.75, 3.05) is 18.1 Å². The van der Waals surface area contributed by atoms with Crippen molar-refractivity contribution in [3.63, 3.8) is 0 Å². The standard InChI is InChI=1S/C12H14F2N2OS/c1-18-9-4-2-8(3-5-9)16-11(17)10-6-12(13,14)7-15-10/h2-5,10,15H,6-7H2,1H3,(H,16,17). The van der Waals surface area contributed by atoms with Crippen molar-refractivity contribution in [3.05, 3.63) is 24.3 Å². The van der Waals surface area contributed by atoms with Gasteiger partial charge in [0.1, 0.15) is 0 Å². The number of hydrogen-bond acceptors (Lipinski definition) is 3. The Hall–Kier alpha value is -1.14. The lowest BCUT2D eigenvalue weighted by Crippen LogP contribution is -2.35. The van der Waals surface area contributed by atoms with Crippen molar-refractivity contribution < 1.29 is 13.6 Å². The number of alkyl halides is 2. The Morgan fingerprint density at radius 2 is 2.11 bits per heavy atom. The molecule has 0 radical (unpaired) electrons. The summed E-state index contributed by atoms with van der Waals surface area (Å²) in [4.78, 5) is 12.8. The highest BCUT2D eigenvalue weighted by Gasteiger charge is 2.42. The maximum Gasteiger partial charge on any atom is 0.262 e. The van der Waals surface area contributed by atoms with Gasteiger partial charge in [0.25, 0.3) is 5.92 Å². The van der Waals surface area contributed by atoms with E-state index in [2.05, 4.69) is 10.6 Å². The molecule has 98 valence electrons. The van der Waals surface area contributed by atoms with Crippen LogP contribution < -0.4 is 10.6 Å². The molecule has 3 nitrogen and oxygen atoms in total. The van der Waals surface area contributed by atoms with Gasteiger partial charge in [-0.25, -0.2) is 8.78 Å². The Bertz CT molecular complexity index is 436. The first-order valence-electron chi connectivity index (χ1n) is 5.56. The maximum absolute atomic E-state index is 12.9. The first kappa shape index (κ1) is 13.3. The van der Waals surface area contributed by atoms with Crippen LogP contribution in [0.1, 0.15) is 6.42 Å². The number of hydrogen-bond donors (Lipinski definition) is 2. The number of anilines is 1. The fourth-order valence-corrected chi connectivity index (χ4v) is 2.21. The molecular weight excluding hydrogens is 258 g/mol. The molecule has 1 heterocycles. The van der Waals surface area contributed by atoms with E-state index in [1.165, 1.54) is 0 Å². The number of rotatable bonds is 3. The van der Waals surface area contributed by atoms with Gasteiger partial charge >= 0.3 is 0 Å². The van der Waals surface area contributed by atoms with Crippen LogP contribution in [0.25, 0.3) is 0 Å². The number of nitrogens with one attached hydrogen (secondary N) is 2. The van der Waals surface area contributed by atoms with Gasteiger partial charge in [-0.2, -0.15) is 0 Å². The minimum atomic E-state index is -2.79. The van der Waals surface area contributed by atoms with Crippen LogP contribution in [-0.4, -0.2) is 30.7 Å². The second kappa shape index (κ2) is 5.24. The molecular formula is C12H14F2N2OS. The summed E-state index contributed by atoms with van der Waals surface area (Å²) in [5.74, 6) is -3.20. The van der Waals surface area contributed by atoms with E-state index in [1.54, 1.807) is 23.9 Å². The lowest BCUT2D eigenvalue weighted by molar-refractivity contribution is -0.118. The van der Waals surface area contributed by atoms with E-state index < -0.39 is 30.8 Å². The molecule has 18 heavy (non-hydrogen) atoms. The smallest absolute Gasteiger partial charge is 0.262 e. The predicted octanol–water partition coefficient (Wildman–Crippen LogP) is 2.34. The van der Waals surface area contributed by atoms with Gasteiger partial charge in [0.2, 0.25) is 5.91 Å². The molecule has 1 unspecified atom stereocenters. The van der Waals surface area contributed by atoms with Crippen LogP contribution in [0.5, 0.6) is 0 Å². The van der Waals surface area contributed by atoms with Crippen molar-refractivity contribution in [2.24, 2.45) is 0 Å². The predicted molar refractivity (Wildman–Crippen MR) is 68.2 cm³/mol. The molecule has 0 bridgehead atoms. The van der Waals surface area contributed by atoms with Gasteiger partial charge in [0.05, 0.1) is 12.6 Å². The van der Waals surface area contributed by atoms with Crippen molar-refractivity contribution in [2.45, 2.75) is 23.3 Å². The first-order chi connectivity index (χ1) is 8.50. The van der Waals surface area contributed by atoms with E-state index in [0.29, 0.717) is 5.69 Å². The van der Waals surface area contributed by atoms with Crippen LogP contribution >= 0.6 is 11.8 Å². The summed E-state index contributed by atoms with van der Waals surface area (Å²) in [5.41, 5.74) is 0.620. The van der Waals surface area contributed by atoms with Gasteiger partial charge < -0.3 is 5.32 Å². The molecule has 0 saturated carbocycles. The number of amides is 1. The Labute approximate surface area is 108 Å². The summed E-state index contributed by atoms with van der Waals surface area (Å²) >= 11 is 1.60. The molecule has 1 atom stereocenters. The lowest BCUT2D eigenvalue weighted by atomic mass is 10.2. The molecule has 1 aromatic rings. The van der Waals surface area contributed by atoms with Crippen molar-refractivity contribution in [1.82, 2.24) is 5.32 Å². The second-order valence-corrected chi connectivity index (χ2v) is 5.09. The van der Waals surface area contributed by atoms with E-state index >= 15 is 0 Å². The van der Waals surface area contributed by atoms with Crippen LogP contribution in [0.2, 0.25) is 0 Å². The number of benzene rings is 1. The van der Waals surface area contributed by atoms with Gasteiger partial charge in [-0.05, 0) is 30.5 Å². The maximum atomic E-state index is 12.9. The molecule has 2 N–H and O–H groups in total. The van der Waals surface area contributed by atoms with E-state index in [1.807, 2.05) is 18.4 Å². The Morgan fingerprint density at radius 3 is 2.61 bits per heavy atom. The SMILES string of the molecule is CSc1ccc(NC(=O)C2CC(F)(F)CN2)cc1. The minimum absolute atomic E-state index is 0.413. The Morgan fingerprint density at radius 1 is 1.44 bits per heavy atom. The van der Waals surface area contributed by atoms with Gasteiger partial charge in [0.15, 0.2) is 0 Å². The van der Waals surface area contributed by atoms with Crippen molar-refractivity contribution in [3.8, 4) is 0 Å². The molecule has 0 spiro atoms. The molecule has 0 aromatic heterocycles. The molecule has 0 aliphatic carbocycles. The lowest BCUT2D eigenvalue weighted by Gasteiger charge is -2.11. The molecule has 1 amide bonds. The van der Waals surface area contributed by atoms with E-state index in [0.717, 1.165) is 4.90 Å². The molecule has 1 saturated heterocycles. The average Bonchev–Trinajstić information content (AvgIpc) is 2.71. The molecule has 6 heteroatoms. The van der Waals surface area contributed by atoms with Crippen LogP contribution in [0.15, 0.2) is 29.2 Å². The Balaban J connectivity index is 1.95. The quantitative estimate of drug-likeness (QED) is 0.830. The van der Waals surface area contributed by atoms with Gasteiger partial charge in [-0.15, -0.1) is 11.8 Å². The number of carbonyl (C=O) groups is 1. The summed E-state index contributed by atoms with van der Waals surface area (Å²) in [7, 11) is 0. The largest absolute Gasteiger partial charge is 0.325 e. The van der Waals surface area contributed by atoms with Crippen LogP contribution in [0.4, 0.5) is 14.5 Å². The van der Waals surface area contributed by atoms with E-state index in [4.69, 9.17) is 0 Å². The molecule has 1 fully saturated rings. The summed E-state index contributed by atoms with van der Waals surface area (Å²) in [6.07, 6.45) is 1.51. The number of carbonyl (C=O) groups excluding carboxylic acids is 1. The van der Waals surface area contributed by atoms with Crippen molar-refractivity contribution in [1.29, 1.82) is 0 Å². The summed E-state index contributed by atoms with van der Waals surface area (Å²) in [6.45, 7) is -0.434. The minimum Gasteiger partial charge on any atom is -0.325 e. The third-order valence-corrected chi connectivity index (χ3v) is 3.53. The molecule has 1 aliphatic heterocycles. The topological polar surface area (TPSA) is 41.1 Å². The Kier molecular flexibility index (Phi) is 3.87. The van der Waals surface area contributed by atoms with Crippen LogP contribution in [0, 0.1) is 0 Å². The fourth-order valence-electron chi connectivity index (χ4n) is 1.80. The summed E-state index contributed by atoms with van der Waals surface area (Å²) < 4.78 is 25.9. The van der Waals surface area contributed by atoms with E-state index in [9.17, 15) is 13.6 Å². The van der Waals surface area contributed by atoms with Crippen molar-refractivity contribution >= 4 is 23.4 Å².